The Morgan fingerprint density at radius 3 is 2.46 bits per heavy atom. The van der Waals surface area contributed by atoms with Gasteiger partial charge in [0.05, 0.1) is 44.0 Å². The lowest BCUT2D eigenvalue weighted by atomic mass is 9.77. The summed E-state index contributed by atoms with van der Waals surface area (Å²) in [5.74, 6) is -0.783. The molecule has 0 bridgehead atoms. The lowest BCUT2D eigenvalue weighted by Crippen LogP contribution is -2.58. The predicted octanol–water partition coefficient (Wildman–Crippen LogP) is 2.76. The highest BCUT2D eigenvalue weighted by Gasteiger charge is 2.58. The van der Waals surface area contributed by atoms with E-state index in [0.29, 0.717) is 32.5 Å². The van der Waals surface area contributed by atoms with E-state index in [1.54, 1.807) is 18.3 Å². The highest BCUT2D eigenvalue weighted by atomic mass is 16.7. The average Bonchev–Trinajstić information content (AvgIpc) is 3.51. The molecule has 0 unspecified atom stereocenters. The molecule has 0 saturated carbocycles. The van der Waals surface area contributed by atoms with Gasteiger partial charge in [-0.1, -0.05) is 30.3 Å². The molecule has 188 valence electrons. The lowest BCUT2D eigenvalue weighted by molar-refractivity contribution is -0.226. The van der Waals surface area contributed by atoms with Crippen molar-refractivity contribution in [2.24, 2.45) is 5.92 Å². The van der Waals surface area contributed by atoms with E-state index >= 15 is 0 Å². The summed E-state index contributed by atoms with van der Waals surface area (Å²) in [7, 11) is 2.88. The van der Waals surface area contributed by atoms with E-state index in [9.17, 15) is 14.4 Å². The quantitative estimate of drug-likeness (QED) is 0.399. The van der Waals surface area contributed by atoms with Gasteiger partial charge in [0, 0.05) is 33.0 Å². The van der Waals surface area contributed by atoms with Gasteiger partial charge in [0.2, 0.25) is 11.8 Å². The molecule has 2 fully saturated rings. The number of methoxy groups -OCH3 is 2. The fourth-order valence-corrected chi connectivity index (χ4v) is 5.25. The van der Waals surface area contributed by atoms with Gasteiger partial charge in [-0.25, -0.2) is 5.06 Å². The first-order chi connectivity index (χ1) is 17.0. The number of carbonyl (C=O) groups excluding carboxylic acids is 3. The molecule has 35 heavy (non-hydrogen) atoms. The van der Waals surface area contributed by atoms with Crippen molar-refractivity contribution in [3.8, 4) is 0 Å². The Morgan fingerprint density at radius 1 is 1.09 bits per heavy atom. The number of nitrogens with zero attached hydrogens (tertiary/aromatic N) is 2. The van der Waals surface area contributed by atoms with Crippen molar-refractivity contribution < 1.29 is 33.1 Å². The van der Waals surface area contributed by atoms with Crippen LogP contribution in [0, 0.1) is 5.92 Å². The number of carbonyl (C=O) groups is 3. The minimum atomic E-state index is -0.839. The van der Waals surface area contributed by atoms with Gasteiger partial charge >= 0.3 is 5.97 Å². The Kier molecular flexibility index (Phi) is 7.87. The molecule has 0 aliphatic carbocycles. The molecule has 2 atom stereocenters. The van der Waals surface area contributed by atoms with Crippen LogP contribution in [0.2, 0.25) is 0 Å². The van der Waals surface area contributed by atoms with Crippen LogP contribution in [0.3, 0.4) is 0 Å². The van der Waals surface area contributed by atoms with Crippen LogP contribution < -0.4 is 0 Å². The van der Waals surface area contributed by atoms with E-state index in [1.165, 1.54) is 12.2 Å². The first-order valence-corrected chi connectivity index (χ1v) is 11.9. The number of hydroxylamine groups is 2. The number of benzene rings is 1. The predicted molar refractivity (Wildman–Crippen MR) is 125 cm³/mol. The smallest absolute Gasteiger partial charge is 0.311 e. The average molecular weight is 485 g/mol. The molecule has 1 aromatic carbocycles. The van der Waals surface area contributed by atoms with Gasteiger partial charge in [-0.2, -0.15) is 0 Å². The minimum absolute atomic E-state index is 0.00380. The Balaban J connectivity index is 1.48. The molecular weight excluding hydrogens is 452 g/mol. The fraction of sp³-hybridized carbons (Fsp3) is 0.500. The van der Waals surface area contributed by atoms with Crippen molar-refractivity contribution in [3.63, 3.8) is 0 Å². The molecule has 3 heterocycles. The summed E-state index contributed by atoms with van der Waals surface area (Å²) >= 11 is 0. The van der Waals surface area contributed by atoms with Crippen LogP contribution in [-0.4, -0.2) is 73.8 Å². The molecule has 0 radical (unpaired) electrons. The molecule has 2 saturated heterocycles. The zero-order valence-electron chi connectivity index (χ0n) is 20.2. The summed E-state index contributed by atoms with van der Waals surface area (Å²) in [4.78, 5) is 46.3. The third-order valence-electron chi connectivity index (χ3n) is 7.10. The largest absolute Gasteiger partial charge is 0.469 e. The fourth-order valence-electron chi connectivity index (χ4n) is 5.25. The highest BCUT2D eigenvalue weighted by Crippen LogP contribution is 2.44. The molecule has 2 aromatic rings. The van der Waals surface area contributed by atoms with Gasteiger partial charge in [-0.3, -0.25) is 19.2 Å². The van der Waals surface area contributed by atoms with Crippen molar-refractivity contribution in [2.75, 3.05) is 40.5 Å². The Hall–Kier alpha value is -3.17. The van der Waals surface area contributed by atoms with E-state index in [2.05, 4.69) is 0 Å². The first kappa shape index (κ1) is 24.9. The van der Waals surface area contributed by atoms with Crippen LogP contribution in [0.15, 0.2) is 53.1 Å². The van der Waals surface area contributed by atoms with Gasteiger partial charge in [0.1, 0.15) is 5.76 Å². The normalized spacial score (nSPS) is 20.3. The monoisotopic (exact) mass is 484 g/mol. The van der Waals surface area contributed by atoms with E-state index in [-0.39, 0.29) is 37.2 Å². The number of ether oxygens (including phenoxy) is 2. The third kappa shape index (κ3) is 5.11. The van der Waals surface area contributed by atoms with Crippen molar-refractivity contribution in [1.82, 2.24) is 9.96 Å². The van der Waals surface area contributed by atoms with Crippen LogP contribution in [0.25, 0.3) is 0 Å². The maximum atomic E-state index is 13.4. The molecule has 4 rings (SSSR count). The molecule has 0 N–H and O–H groups in total. The number of furan rings is 1. The van der Waals surface area contributed by atoms with Crippen LogP contribution in [0.4, 0.5) is 0 Å². The van der Waals surface area contributed by atoms with E-state index in [0.717, 1.165) is 11.3 Å². The Morgan fingerprint density at radius 2 is 1.83 bits per heavy atom. The lowest BCUT2D eigenvalue weighted by Gasteiger charge is -2.45. The molecule has 2 amide bonds. The van der Waals surface area contributed by atoms with Crippen molar-refractivity contribution in [1.29, 1.82) is 0 Å². The second-order valence-corrected chi connectivity index (χ2v) is 8.96. The van der Waals surface area contributed by atoms with Crippen LogP contribution in [0.1, 0.15) is 42.9 Å². The van der Waals surface area contributed by atoms with Crippen molar-refractivity contribution >= 4 is 17.8 Å². The number of hydrogen-bond acceptors (Lipinski definition) is 7. The second kappa shape index (κ2) is 11.0. The van der Waals surface area contributed by atoms with Gasteiger partial charge in [-0.05, 0) is 30.5 Å². The minimum Gasteiger partial charge on any atom is -0.469 e. The number of piperidine rings is 1. The number of amides is 2. The molecule has 2 aliphatic rings. The zero-order chi connectivity index (χ0) is 24.8. The molecule has 1 spiro atoms. The summed E-state index contributed by atoms with van der Waals surface area (Å²) in [5, 5.41) is 1.35. The summed E-state index contributed by atoms with van der Waals surface area (Å²) in [6, 6.07) is 13.5. The second-order valence-electron chi connectivity index (χ2n) is 8.96. The first-order valence-electron chi connectivity index (χ1n) is 11.9. The molecule has 9 heteroatoms. The molecular formula is C26H32N2O7. The maximum Gasteiger partial charge on any atom is 0.311 e. The van der Waals surface area contributed by atoms with Crippen LogP contribution in [0.5, 0.6) is 0 Å². The molecule has 2 aliphatic heterocycles. The topological polar surface area (TPSA) is 98.5 Å². The maximum absolute atomic E-state index is 13.4. The Labute approximate surface area is 204 Å². The summed E-state index contributed by atoms with van der Waals surface area (Å²) in [5.41, 5.74) is 0.170. The van der Waals surface area contributed by atoms with E-state index < -0.39 is 17.4 Å². The summed E-state index contributed by atoms with van der Waals surface area (Å²) in [6.45, 7) is 1.33. The zero-order valence-corrected chi connectivity index (χ0v) is 20.2. The molecule has 9 nitrogen and oxygen atoms in total. The highest BCUT2D eigenvalue weighted by molar-refractivity contribution is 5.88. The van der Waals surface area contributed by atoms with Gasteiger partial charge in [-0.15, -0.1) is 0 Å². The molecule has 1 aromatic heterocycles. The number of rotatable bonds is 9. The van der Waals surface area contributed by atoms with Crippen molar-refractivity contribution in [3.05, 3.63) is 60.1 Å². The summed E-state index contributed by atoms with van der Waals surface area (Å²) < 4.78 is 15.7. The van der Waals surface area contributed by atoms with Crippen molar-refractivity contribution in [2.45, 2.75) is 37.1 Å². The third-order valence-corrected chi connectivity index (χ3v) is 7.10. The van der Waals surface area contributed by atoms with Gasteiger partial charge < -0.3 is 18.8 Å². The number of hydrogen-bond donors (Lipinski definition) is 0. The number of esters is 1. The number of likely N-dealkylation sites (tertiary alicyclic amines) is 1. The van der Waals surface area contributed by atoms with Crippen LogP contribution in [-0.2, 0) is 28.7 Å². The van der Waals surface area contributed by atoms with E-state index in [1.807, 2.05) is 42.5 Å². The van der Waals surface area contributed by atoms with Gasteiger partial charge in [0.15, 0.2) is 0 Å². The Bertz CT molecular complexity index is 1000. The van der Waals surface area contributed by atoms with Gasteiger partial charge in [0.25, 0.3) is 0 Å². The summed E-state index contributed by atoms with van der Waals surface area (Å²) in [6.07, 6.45) is 2.75. The standard InChI is InChI=1S/C26H32N2O7/c1-32-15-16-35-28-24(30)18-21(25(31)33-2)26(28)10-12-27(13-11-26)23(29)17-20(22-9-6-14-34-22)19-7-4-3-5-8-19/h3-9,14,20-21H,10-13,15-18H2,1-2H3/t20-,21-/m0/s1. The van der Waals surface area contributed by atoms with E-state index in [4.69, 9.17) is 18.7 Å². The SMILES string of the molecule is COCCON1C(=O)C[C@@H](C(=O)OC)C12CCN(C(=O)C[C@@H](c1ccccc1)c1ccco1)CC2. The van der Waals surface area contributed by atoms with Crippen LogP contribution >= 0.6 is 0 Å².